The van der Waals surface area contributed by atoms with Crippen LogP contribution in [-0.2, 0) is 4.74 Å². The first-order valence-electron chi connectivity index (χ1n) is 14.2. The smallest absolute Gasteiger partial charge is 0.258 e. The van der Waals surface area contributed by atoms with Crippen molar-refractivity contribution in [3.8, 4) is 0 Å². The topological polar surface area (TPSA) is 98.4 Å². The zero-order valence-electron chi connectivity index (χ0n) is 22.3. The molecule has 3 aliphatic heterocycles. The van der Waals surface area contributed by atoms with E-state index in [9.17, 15) is 4.79 Å². The first-order valence-corrected chi connectivity index (χ1v) is 14.2. The van der Waals surface area contributed by atoms with Gasteiger partial charge in [-0.05, 0) is 89.3 Å². The number of carbonyl (C=O) groups excluding carboxylic acids is 1. The summed E-state index contributed by atoms with van der Waals surface area (Å²) in [6, 6.07) is 8.29. The van der Waals surface area contributed by atoms with Crippen molar-refractivity contribution < 1.29 is 9.53 Å². The molecule has 0 radical (unpaired) electrons. The monoisotopic (exact) mass is 517 g/mol. The van der Waals surface area contributed by atoms with E-state index in [0.29, 0.717) is 29.4 Å². The standard InChI is InChI=1S/C29H39N7O2/c1-35-12-2-3-26(35)25-15-22-18-31-27(16-24(22)33-25)34-29(37)21-4-5-28(32-17-21)36-13-8-23(9-14-36)38-19-20-6-10-30-11-7-20/h4-5,15-18,20,23,26,30,33H,2-3,6-14,19H2,1H3,(H,31,34,37)/t26-/m1/s1. The molecule has 0 saturated carbocycles. The summed E-state index contributed by atoms with van der Waals surface area (Å²) < 4.78 is 6.23. The summed E-state index contributed by atoms with van der Waals surface area (Å²) >= 11 is 0. The van der Waals surface area contributed by atoms with E-state index in [4.69, 9.17) is 4.74 Å². The van der Waals surface area contributed by atoms with Crippen LogP contribution in [0.15, 0.2) is 36.7 Å². The van der Waals surface area contributed by atoms with Crippen LogP contribution in [-0.4, -0.2) is 78.2 Å². The van der Waals surface area contributed by atoms with Crippen molar-refractivity contribution in [2.75, 3.05) is 56.6 Å². The highest BCUT2D eigenvalue weighted by molar-refractivity contribution is 6.04. The van der Waals surface area contributed by atoms with Crippen molar-refractivity contribution in [1.82, 2.24) is 25.2 Å². The average molecular weight is 518 g/mol. The third-order valence-corrected chi connectivity index (χ3v) is 8.45. The molecule has 1 atom stereocenters. The fourth-order valence-corrected chi connectivity index (χ4v) is 6.07. The summed E-state index contributed by atoms with van der Waals surface area (Å²) in [6.07, 6.45) is 10.7. The lowest BCUT2D eigenvalue weighted by Crippen LogP contribution is -2.38. The van der Waals surface area contributed by atoms with Gasteiger partial charge in [0.25, 0.3) is 5.91 Å². The number of nitrogens with one attached hydrogen (secondary N) is 3. The fraction of sp³-hybridized carbons (Fsp3) is 0.552. The first-order chi connectivity index (χ1) is 18.6. The Kier molecular flexibility index (Phi) is 7.58. The minimum atomic E-state index is -0.205. The van der Waals surface area contributed by atoms with Crippen LogP contribution in [0.2, 0.25) is 0 Å². The number of aromatic nitrogens is 3. The van der Waals surface area contributed by atoms with Gasteiger partial charge >= 0.3 is 0 Å². The number of ether oxygens (including phenoxy) is 1. The molecule has 6 rings (SSSR count). The Balaban J connectivity index is 1.01. The number of likely N-dealkylation sites (tertiary alicyclic amines) is 1. The Bertz CT molecular complexity index is 1230. The van der Waals surface area contributed by atoms with E-state index in [-0.39, 0.29) is 5.91 Å². The molecule has 3 aromatic rings. The predicted octanol–water partition coefficient (Wildman–Crippen LogP) is 3.96. The van der Waals surface area contributed by atoms with Crippen LogP contribution in [0.25, 0.3) is 10.9 Å². The second kappa shape index (κ2) is 11.4. The molecule has 3 aromatic heterocycles. The Morgan fingerprint density at radius 2 is 1.89 bits per heavy atom. The molecule has 0 bridgehead atoms. The molecule has 202 valence electrons. The number of nitrogens with zero attached hydrogens (tertiary/aromatic N) is 4. The van der Waals surface area contributed by atoms with Crippen molar-refractivity contribution in [3.05, 3.63) is 47.9 Å². The van der Waals surface area contributed by atoms with Crippen LogP contribution in [0.5, 0.6) is 0 Å². The molecule has 1 amide bonds. The highest BCUT2D eigenvalue weighted by Crippen LogP contribution is 2.32. The maximum absolute atomic E-state index is 12.9. The van der Waals surface area contributed by atoms with Crippen molar-refractivity contribution in [3.63, 3.8) is 0 Å². The van der Waals surface area contributed by atoms with Crippen molar-refractivity contribution in [1.29, 1.82) is 0 Å². The molecule has 0 unspecified atom stereocenters. The molecule has 3 fully saturated rings. The minimum Gasteiger partial charge on any atom is -0.378 e. The maximum Gasteiger partial charge on any atom is 0.258 e. The second-order valence-corrected chi connectivity index (χ2v) is 11.1. The summed E-state index contributed by atoms with van der Waals surface area (Å²) in [5.41, 5.74) is 2.72. The lowest BCUT2D eigenvalue weighted by atomic mass is 9.99. The van der Waals surface area contributed by atoms with Crippen LogP contribution >= 0.6 is 0 Å². The van der Waals surface area contributed by atoms with Gasteiger partial charge in [-0.3, -0.25) is 9.69 Å². The number of fused-ring (bicyclic) bond motifs is 1. The van der Waals surface area contributed by atoms with E-state index in [0.717, 1.165) is 75.3 Å². The largest absolute Gasteiger partial charge is 0.378 e. The number of anilines is 2. The maximum atomic E-state index is 12.9. The molecule has 38 heavy (non-hydrogen) atoms. The number of carbonyl (C=O) groups is 1. The molecule has 9 nitrogen and oxygen atoms in total. The van der Waals surface area contributed by atoms with Crippen LogP contribution in [0.1, 0.15) is 60.6 Å². The summed E-state index contributed by atoms with van der Waals surface area (Å²) in [5.74, 6) is 1.94. The van der Waals surface area contributed by atoms with Crippen molar-refractivity contribution in [2.45, 2.75) is 50.7 Å². The van der Waals surface area contributed by atoms with Gasteiger partial charge in [-0.1, -0.05) is 0 Å². The summed E-state index contributed by atoms with van der Waals surface area (Å²) in [7, 11) is 2.17. The summed E-state index contributed by atoms with van der Waals surface area (Å²) in [4.78, 5) is 30.2. The van der Waals surface area contributed by atoms with Gasteiger partial charge in [-0.15, -0.1) is 0 Å². The van der Waals surface area contributed by atoms with Crippen LogP contribution in [0, 0.1) is 5.92 Å². The minimum absolute atomic E-state index is 0.205. The summed E-state index contributed by atoms with van der Waals surface area (Å²) in [5, 5.41) is 7.41. The number of pyridine rings is 2. The average Bonchev–Trinajstić information content (AvgIpc) is 3.58. The number of aromatic amines is 1. The normalized spacial score (nSPS) is 21.8. The van der Waals surface area contributed by atoms with Gasteiger partial charge in [0.1, 0.15) is 11.6 Å². The number of rotatable bonds is 7. The van der Waals surface area contributed by atoms with Gasteiger partial charge in [0.2, 0.25) is 0 Å². The second-order valence-electron chi connectivity index (χ2n) is 11.1. The van der Waals surface area contributed by atoms with E-state index < -0.39 is 0 Å². The van der Waals surface area contributed by atoms with Gasteiger partial charge in [-0.25, -0.2) is 9.97 Å². The molecule has 3 N–H and O–H groups in total. The molecule has 3 aliphatic rings. The van der Waals surface area contributed by atoms with Crippen molar-refractivity contribution >= 4 is 28.4 Å². The zero-order chi connectivity index (χ0) is 25.9. The quantitative estimate of drug-likeness (QED) is 0.436. The first kappa shape index (κ1) is 25.3. The Labute approximate surface area is 224 Å². The fourth-order valence-electron chi connectivity index (χ4n) is 6.07. The molecule has 6 heterocycles. The van der Waals surface area contributed by atoms with Crippen LogP contribution in [0.4, 0.5) is 11.6 Å². The van der Waals surface area contributed by atoms with Gasteiger partial charge in [0.05, 0.1) is 17.2 Å². The molecule has 3 saturated heterocycles. The lowest BCUT2D eigenvalue weighted by molar-refractivity contribution is 0.00941. The Hall–Kier alpha value is -3.01. The van der Waals surface area contributed by atoms with Crippen LogP contribution < -0.4 is 15.5 Å². The zero-order valence-corrected chi connectivity index (χ0v) is 22.3. The molecular formula is C29H39N7O2. The van der Waals surface area contributed by atoms with Crippen molar-refractivity contribution in [2.24, 2.45) is 5.92 Å². The molecule has 0 aliphatic carbocycles. The number of amides is 1. The Morgan fingerprint density at radius 1 is 1.05 bits per heavy atom. The van der Waals surface area contributed by atoms with E-state index in [2.05, 4.69) is 48.5 Å². The Morgan fingerprint density at radius 3 is 2.63 bits per heavy atom. The lowest BCUT2D eigenvalue weighted by Gasteiger charge is -2.34. The van der Waals surface area contributed by atoms with E-state index in [1.54, 1.807) is 6.20 Å². The molecule has 9 heteroatoms. The molecule has 0 spiro atoms. The third kappa shape index (κ3) is 5.70. The number of piperidine rings is 2. The third-order valence-electron chi connectivity index (χ3n) is 8.45. The van der Waals surface area contributed by atoms with Gasteiger partial charge < -0.3 is 25.3 Å². The van der Waals surface area contributed by atoms with Gasteiger partial charge in [0, 0.05) is 55.3 Å². The number of H-pyrrole nitrogens is 1. The van der Waals surface area contributed by atoms with Gasteiger partial charge in [0.15, 0.2) is 0 Å². The molecular weight excluding hydrogens is 478 g/mol. The van der Waals surface area contributed by atoms with Gasteiger partial charge in [-0.2, -0.15) is 0 Å². The highest BCUT2D eigenvalue weighted by Gasteiger charge is 2.25. The van der Waals surface area contributed by atoms with E-state index in [1.807, 2.05) is 24.4 Å². The molecule has 0 aromatic carbocycles. The van der Waals surface area contributed by atoms with Crippen LogP contribution in [0.3, 0.4) is 0 Å². The van der Waals surface area contributed by atoms with E-state index >= 15 is 0 Å². The number of hydrogen-bond donors (Lipinski definition) is 3. The number of hydrogen-bond acceptors (Lipinski definition) is 7. The highest BCUT2D eigenvalue weighted by atomic mass is 16.5. The van der Waals surface area contributed by atoms with E-state index in [1.165, 1.54) is 25.0 Å². The SMILES string of the molecule is CN1CCC[C@@H]1c1cc2cnc(NC(=O)c3ccc(N4CCC(OCC5CCNCC5)CC4)nc3)cc2[nH]1. The summed E-state index contributed by atoms with van der Waals surface area (Å²) in [6.45, 7) is 6.09. The predicted molar refractivity (Wildman–Crippen MR) is 150 cm³/mol.